The van der Waals surface area contributed by atoms with Gasteiger partial charge >= 0.3 is 0 Å². The third-order valence-corrected chi connectivity index (χ3v) is 4.08. The zero-order chi connectivity index (χ0) is 20.1. The van der Waals surface area contributed by atoms with Crippen LogP contribution in [0.4, 0.5) is 23.2 Å². The van der Waals surface area contributed by atoms with Crippen molar-refractivity contribution in [3.63, 3.8) is 0 Å². The van der Waals surface area contributed by atoms with Crippen molar-refractivity contribution in [2.45, 2.75) is 6.04 Å². The highest BCUT2D eigenvalue weighted by atomic mass is 19.2. The number of carbonyl (C=O) groups excluding carboxylic acids is 1. The molecule has 0 heterocycles. The van der Waals surface area contributed by atoms with Gasteiger partial charge in [0.15, 0.2) is 11.6 Å². The van der Waals surface area contributed by atoms with E-state index in [2.05, 4.69) is 10.6 Å². The number of anilines is 1. The summed E-state index contributed by atoms with van der Waals surface area (Å²) in [5, 5.41) is 5.47. The van der Waals surface area contributed by atoms with Crippen LogP contribution >= 0.6 is 0 Å². The normalized spacial score (nSPS) is 10.9. The van der Waals surface area contributed by atoms with Gasteiger partial charge in [0.05, 0.1) is 12.6 Å². The van der Waals surface area contributed by atoms with Crippen LogP contribution < -0.4 is 10.6 Å². The van der Waals surface area contributed by atoms with Crippen LogP contribution in [0.5, 0.6) is 0 Å². The van der Waals surface area contributed by atoms with Gasteiger partial charge in [0.25, 0.3) is 0 Å². The maximum Gasteiger partial charge on any atom is 0.238 e. The van der Waals surface area contributed by atoms with E-state index in [9.17, 15) is 22.4 Å². The SMILES string of the molecule is O=C(CNC(c1ccc(F)cc1)c1ccc(F)cc1)Nc1ccc(F)c(F)c1. The molecule has 144 valence electrons. The second-order valence-electron chi connectivity index (χ2n) is 6.09. The zero-order valence-corrected chi connectivity index (χ0v) is 14.6. The van der Waals surface area contributed by atoms with Crippen molar-refractivity contribution in [3.8, 4) is 0 Å². The molecule has 3 aromatic rings. The van der Waals surface area contributed by atoms with E-state index >= 15 is 0 Å². The number of rotatable bonds is 6. The topological polar surface area (TPSA) is 41.1 Å². The Balaban J connectivity index is 1.73. The van der Waals surface area contributed by atoms with Gasteiger partial charge in [-0.2, -0.15) is 0 Å². The number of carbonyl (C=O) groups is 1. The molecule has 0 saturated carbocycles. The quantitative estimate of drug-likeness (QED) is 0.608. The molecular weight excluding hydrogens is 372 g/mol. The predicted octanol–water partition coefficient (Wildman–Crippen LogP) is 4.56. The molecule has 0 spiro atoms. The number of benzene rings is 3. The van der Waals surface area contributed by atoms with Gasteiger partial charge in [0.2, 0.25) is 5.91 Å². The lowest BCUT2D eigenvalue weighted by atomic mass is 9.98. The molecule has 0 saturated heterocycles. The monoisotopic (exact) mass is 388 g/mol. The molecule has 2 N–H and O–H groups in total. The minimum atomic E-state index is -1.07. The van der Waals surface area contributed by atoms with E-state index in [1.54, 1.807) is 24.3 Å². The molecule has 0 aliphatic heterocycles. The van der Waals surface area contributed by atoms with Crippen LogP contribution in [0.25, 0.3) is 0 Å². The van der Waals surface area contributed by atoms with E-state index in [-0.39, 0.29) is 12.2 Å². The molecule has 0 bridgehead atoms. The van der Waals surface area contributed by atoms with Gasteiger partial charge < -0.3 is 5.32 Å². The largest absolute Gasteiger partial charge is 0.325 e. The van der Waals surface area contributed by atoms with E-state index in [0.29, 0.717) is 11.1 Å². The fraction of sp³-hybridized carbons (Fsp3) is 0.0952. The van der Waals surface area contributed by atoms with E-state index in [0.717, 1.165) is 12.1 Å². The van der Waals surface area contributed by atoms with Crippen molar-refractivity contribution >= 4 is 11.6 Å². The number of hydrogen-bond acceptors (Lipinski definition) is 2. The second-order valence-corrected chi connectivity index (χ2v) is 6.09. The highest BCUT2D eigenvalue weighted by Crippen LogP contribution is 2.23. The molecule has 28 heavy (non-hydrogen) atoms. The van der Waals surface area contributed by atoms with Crippen molar-refractivity contribution in [2.75, 3.05) is 11.9 Å². The fourth-order valence-corrected chi connectivity index (χ4v) is 2.71. The van der Waals surface area contributed by atoms with Gasteiger partial charge in [-0.05, 0) is 47.5 Å². The molecule has 3 nitrogen and oxygen atoms in total. The average Bonchev–Trinajstić information content (AvgIpc) is 2.67. The fourth-order valence-electron chi connectivity index (χ4n) is 2.71. The van der Waals surface area contributed by atoms with Gasteiger partial charge in [0, 0.05) is 11.8 Å². The first kappa shape index (κ1) is 19.6. The van der Waals surface area contributed by atoms with Gasteiger partial charge in [-0.15, -0.1) is 0 Å². The van der Waals surface area contributed by atoms with Crippen LogP contribution in [0.15, 0.2) is 66.7 Å². The van der Waals surface area contributed by atoms with Crippen LogP contribution in [-0.2, 0) is 4.79 Å². The summed E-state index contributed by atoms with van der Waals surface area (Å²) in [5.74, 6) is -3.37. The first-order chi connectivity index (χ1) is 13.4. The molecule has 7 heteroatoms. The van der Waals surface area contributed by atoms with Gasteiger partial charge in [0.1, 0.15) is 11.6 Å². The lowest BCUT2D eigenvalue weighted by molar-refractivity contribution is -0.115. The molecule has 0 aromatic heterocycles. The molecule has 1 amide bonds. The molecule has 3 rings (SSSR count). The molecule has 3 aromatic carbocycles. The summed E-state index contributed by atoms with van der Waals surface area (Å²) in [5.41, 5.74) is 1.47. The lowest BCUT2D eigenvalue weighted by Gasteiger charge is -2.20. The summed E-state index contributed by atoms with van der Waals surface area (Å²) >= 11 is 0. The number of amides is 1. The number of halogens is 4. The van der Waals surface area contributed by atoms with Crippen LogP contribution in [0, 0.1) is 23.3 Å². The van der Waals surface area contributed by atoms with E-state index in [1.807, 2.05) is 0 Å². The number of nitrogens with one attached hydrogen (secondary N) is 2. The van der Waals surface area contributed by atoms with Gasteiger partial charge in [-0.3, -0.25) is 10.1 Å². The third kappa shape index (κ3) is 4.95. The Kier molecular flexibility index (Phi) is 6.06. The first-order valence-electron chi connectivity index (χ1n) is 8.41. The molecule has 0 radical (unpaired) electrons. The third-order valence-electron chi connectivity index (χ3n) is 4.08. The average molecular weight is 388 g/mol. The summed E-state index contributed by atoms with van der Waals surface area (Å²) < 4.78 is 52.7. The van der Waals surface area contributed by atoms with Crippen LogP contribution in [0.2, 0.25) is 0 Å². The van der Waals surface area contributed by atoms with E-state index in [4.69, 9.17) is 0 Å². The van der Waals surface area contributed by atoms with Crippen LogP contribution in [0.1, 0.15) is 17.2 Å². The number of hydrogen-bond donors (Lipinski definition) is 2. The Morgan fingerprint density at radius 2 is 1.29 bits per heavy atom. The predicted molar refractivity (Wildman–Crippen MR) is 97.6 cm³/mol. The lowest BCUT2D eigenvalue weighted by Crippen LogP contribution is -2.32. The molecule has 0 aliphatic carbocycles. The molecule has 0 fully saturated rings. The van der Waals surface area contributed by atoms with Crippen molar-refractivity contribution in [3.05, 3.63) is 101 Å². The Labute approximate surface area is 159 Å². The minimum absolute atomic E-state index is 0.116. The molecule has 0 aliphatic rings. The zero-order valence-electron chi connectivity index (χ0n) is 14.6. The highest BCUT2D eigenvalue weighted by molar-refractivity contribution is 5.92. The summed E-state index contributed by atoms with van der Waals surface area (Å²) in [7, 11) is 0. The summed E-state index contributed by atoms with van der Waals surface area (Å²) in [6, 6.07) is 13.9. The summed E-state index contributed by atoms with van der Waals surface area (Å²) in [4.78, 5) is 12.2. The first-order valence-corrected chi connectivity index (χ1v) is 8.41. The standard InChI is InChI=1S/C21H16F4N2O/c22-15-5-1-13(2-6-15)21(14-3-7-16(23)8-4-14)26-12-20(28)27-17-9-10-18(24)19(25)11-17/h1-11,21,26H,12H2,(H,27,28). The minimum Gasteiger partial charge on any atom is -0.325 e. The molecular formula is C21H16F4N2O. The Bertz CT molecular complexity index is 914. The maximum atomic E-state index is 13.2. The van der Waals surface area contributed by atoms with Crippen LogP contribution in [-0.4, -0.2) is 12.5 Å². The summed E-state index contributed by atoms with van der Waals surface area (Å²) in [6.45, 7) is -0.168. The van der Waals surface area contributed by atoms with Crippen LogP contribution in [0.3, 0.4) is 0 Å². The Morgan fingerprint density at radius 1 is 0.750 bits per heavy atom. The smallest absolute Gasteiger partial charge is 0.238 e. The molecule has 0 atom stereocenters. The Morgan fingerprint density at radius 3 is 1.79 bits per heavy atom. The van der Waals surface area contributed by atoms with Crippen molar-refractivity contribution in [1.29, 1.82) is 0 Å². The summed E-state index contributed by atoms with van der Waals surface area (Å²) in [6.07, 6.45) is 0. The van der Waals surface area contributed by atoms with Gasteiger partial charge in [-0.1, -0.05) is 24.3 Å². The van der Waals surface area contributed by atoms with Crippen molar-refractivity contribution in [2.24, 2.45) is 0 Å². The van der Waals surface area contributed by atoms with Crippen molar-refractivity contribution in [1.82, 2.24) is 5.32 Å². The highest BCUT2D eigenvalue weighted by Gasteiger charge is 2.16. The van der Waals surface area contributed by atoms with E-state index in [1.165, 1.54) is 30.3 Å². The maximum absolute atomic E-state index is 13.2. The Hall–Kier alpha value is -3.19. The van der Waals surface area contributed by atoms with E-state index < -0.39 is 35.2 Å². The van der Waals surface area contributed by atoms with Gasteiger partial charge in [-0.25, -0.2) is 17.6 Å². The van der Waals surface area contributed by atoms with Crippen molar-refractivity contribution < 1.29 is 22.4 Å². The second kappa shape index (κ2) is 8.67. The molecule has 0 unspecified atom stereocenters.